The third-order valence-corrected chi connectivity index (χ3v) is 2.27. The second-order valence-electron chi connectivity index (χ2n) is 3.92. The van der Waals surface area contributed by atoms with Gasteiger partial charge in [0.1, 0.15) is 5.82 Å². The molecule has 3 N–H and O–H groups in total. The van der Waals surface area contributed by atoms with E-state index in [2.05, 4.69) is 10.3 Å². The number of hydrogen-bond acceptors (Lipinski definition) is 4. The summed E-state index contributed by atoms with van der Waals surface area (Å²) in [5.41, 5.74) is 6.16. The van der Waals surface area contributed by atoms with Crippen molar-refractivity contribution >= 4 is 42.2 Å². The molecule has 18 heavy (non-hydrogen) atoms. The van der Waals surface area contributed by atoms with E-state index in [-0.39, 0.29) is 36.6 Å². The number of pyridine rings is 1. The van der Waals surface area contributed by atoms with Gasteiger partial charge in [-0.15, -0.1) is 24.8 Å². The minimum absolute atomic E-state index is 0. The normalized spacial score (nSPS) is 10.7. The van der Waals surface area contributed by atoms with E-state index in [1.165, 1.54) is 0 Å². The van der Waals surface area contributed by atoms with Crippen LogP contribution in [0.2, 0.25) is 0 Å². The molecule has 1 atom stereocenters. The van der Waals surface area contributed by atoms with Crippen molar-refractivity contribution in [2.45, 2.75) is 6.92 Å². The zero-order valence-corrected chi connectivity index (χ0v) is 12.3. The second-order valence-corrected chi connectivity index (χ2v) is 3.92. The van der Waals surface area contributed by atoms with Crippen LogP contribution in [0.1, 0.15) is 6.92 Å². The maximum absolute atomic E-state index is 11.6. The number of aromatic nitrogens is 1. The number of hydrogen-bond donors (Lipinski definition) is 2. The van der Waals surface area contributed by atoms with Crippen molar-refractivity contribution in [1.82, 2.24) is 4.98 Å². The van der Waals surface area contributed by atoms with Crippen molar-refractivity contribution in [2.75, 3.05) is 30.9 Å². The van der Waals surface area contributed by atoms with Crippen molar-refractivity contribution in [3.8, 4) is 0 Å². The quantitative estimate of drug-likeness (QED) is 0.883. The molecule has 1 rings (SSSR count). The SMILES string of the molecule is CC(CN)C(=O)Nc1ccnc(N(C)C)c1.Cl.Cl. The molecule has 0 saturated heterocycles. The summed E-state index contributed by atoms with van der Waals surface area (Å²) in [4.78, 5) is 17.6. The summed E-state index contributed by atoms with van der Waals surface area (Å²) in [7, 11) is 3.80. The molecule has 7 heteroatoms. The van der Waals surface area contributed by atoms with E-state index in [1.807, 2.05) is 25.1 Å². The first kappa shape index (κ1) is 19.3. The molecule has 1 unspecified atom stereocenters. The number of carbonyl (C=O) groups excluding carboxylic acids is 1. The average Bonchev–Trinajstić information content (AvgIpc) is 2.28. The predicted octanol–water partition coefficient (Wildman–Crippen LogP) is 1.52. The largest absolute Gasteiger partial charge is 0.363 e. The van der Waals surface area contributed by atoms with Crippen LogP contribution in [0.15, 0.2) is 18.3 Å². The molecule has 1 heterocycles. The monoisotopic (exact) mass is 294 g/mol. The molecule has 0 bridgehead atoms. The third kappa shape index (κ3) is 5.53. The molecular weight excluding hydrogens is 275 g/mol. The molecule has 0 fully saturated rings. The van der Waals surface area contributed by atoms with E-state index >= 15 is 0 Å². The summed E-state index contributed by atoms with van der Waals surface area (Å²) < 4.78 is 0. The molecule has 0 aliphatic carbocycles. The van der Waals surface area contributed by atoms with E-state index in [4.69, 9.17) is 5.73 Å². The average molecular weight is 295 g/mol. The molecule has 5 nitrogen and oxygen atoms in total. The Morgan fingerprint density at radius 3 is 2.61 bits per heavy atom. The molecule has 0 aromatic carbocycles. The number of nitrogens with two attached hydrogens (primary N) is 1. The number of nitrogens with zero attached hydrogens (tertiary/aromatic N) is 2. The van der Waals surface area contributed by atoms with Gasteiger partial charge in [-0.25, -0.2) is 4.98 Å². The molecule has 0 radical (unpaired) electrons. The molecule has 0 spiro atoms. The third-order valence-electron chi connectivity index (χ3n) is 2.27. The highest BCUT2D eigenvalue weighted by Gasteiger charge is 2.11. The van der Waals surface area contributed by atoms with E-state index < -0.39 is 0 Å². The lowest BCUT2D eigenvalue weighted by molar-refractivity contribution is -0.119. The van der Waals surface area contributed by atoms with Crippen molar-refractivity contribution in [3.05, 3.63) is 18.3 Å². The van der Waals surface area contributed by atoms with E-state index in [0.29, 0.717) is 6.54 Å². The maximum Gasteiger partial charge on any atom is 0.228 e. The Morgan fingerprint density at radius 1 is 1.50 bits per heavy atom. The van der Waals surface area contributed by atoms with Crippen LogP contribution in [0.25, 0.3) is 0 Å². The number of rotatable bonds is 4. The van der Waals surface area contributed by atoms with Gasteiger partial charge in [0, 0.05) is 44.5 Å². The summed E-state index contributed by atoms with van der Waals surface area (Å²) in [6.07, 6.45) is 1.66. The fourth-order valence-corrected chi connectivity index (χ4v) is 1.11. The van der Waals surface area contributed by atoms with Gasteiger partial charge in [0.05, 0.1) is 0 Å². The summed E-state index contributed by atoms with van der Waals surface area (Å²) in [5, 5.41) is 2.80. The Morgan fingerprint density at radius 2 is 2.11 bits per heavy atom. The van der Waals surface area contributed by atoms with E-state index in [0.717, 1.165) is 11.5 Å². The van der Waals surface area contributed by atoms with Gasteiger partial charge in [0.25, 0.3) is 0 Å². The fourth-order valence-electron chi connectivity index (χ4n) is 1.11. The first-order valence-corrected chi connectivity index (χ1v) is 5.19. The standard InChI is InChI=1S/C11H18N4O.2ClH/c1-8(7-12)11(16)14-9-4-5-13-10(6-9)15(2)3;;/h4-6,8H,7,12H2,1-3H3,(H,13,14,16);2*1H. The second kappa shape index (κ2) is 8.97. The molecule has 0 saturated carbocycles. The van der Waals surface area contributed by atoms with Gasteiger partial charge in [-0.1, -0.05) is 6.92 Å². The Kier molecular flexibility index (Phi) is 9.61. The number of anilines is 2. The van der Waals surface area contributed by atoms with Crippen molar-refractivity contribution in [2.24, 2.45) is 11.7 Å². The predicted molar refractivity (Wildman–Crippen MR) is 79.9 cm³/mol. The van der Waals surface area contributed by atoms with Gasteiger partial charge in [0.15, 0.2) is 0 Å². The van der Waals surface area contributed by atoms with Crippen LogP contribution in [-0.4, -0.2) is 31.5 Å². The van der Waals surface area contributed by atoms with Crippen LogP contribution in [0.3, 0.4) is 0 Å². The maximum atomic E-state index is 11.6. The Balaban J connectivity index is 0. The van der Waals surface area contributed by atoms with Crippen LogP contribution in [-0.2, 0) is 4.79 Å². The smallest absolute Gasteiger partial charge is 0.228 e. The number of amides is 1. The van der Waals surface area contributed by atoms with Crippen LogP contribution in [0.4, 0.5) is 11.5 Å². The Bertz CT molecular complexity index is 374. The lowest BCUT2D eigenvalue weighted by atomic mass is 10.1. The molecule has 0 aliphatic heterocycles. The van der Waals surface area contributed by atoms with Gasteiger partial charge >= 0.3 is 0 Å². The summed E-state index contributed by atoms with van der Waals surface area (Å²) in [5.74, 6) is 0.549. The van der Waals surface area contributed by atoms with E-state index in [1.54, 1.807) is 19.2 Å². The Labute approximate surface area is 120 Å². The molecule has 104 valence electrons. The summed E-state index contributed by atoms with van der Waals surface area (Å²) in [6, 6.07) is 3.58. The zero-order chi connectivity index (χ0) is 12.1. The summed E-state index contributed by atoms with van der Waals surface area (Å²) >= 11 is 0. The molecule has 1 amide bonds. The van der Waals surface area contributed by atoms with Crippen molar-refractivity contribution in [1.29, 1.82) is 0 Å². The lowest BCUT2D eigenvalue weighted by Crippen LogP contribution is -2.26. The fraction of sp³-hybridized carbons (Fsp3) is 0.455. The topological polar surface area (TPSA) is 71.2 Å². The zero-order valence-electron chi connectivity index (χ0n) is 10.7. The van der Waals surface area contributed by atoms with Crippen molar-refractivity contribution in [3.63, 3.8) is 0 Å². The van der Waals surface area contributed by atoms with Gasteiger partial charge in [-0.2, -0.15) is 0 Å². The highest BCUT2D eigenvalue weighted by molar-refractivity contribution is 5.92. The van der Waals surface area contributed by atoms with Gasteiger partial charge in [-0.3, -0.25) is 4.79 Å². The summed E-state index contributed by atoms with van der Waals surface area (Å²) in [6.45, 7) is 2.14. The van der Waals surface area contributed by atoms with Gasteiger partial charge in [-0.05, 0) is 6.07 Å². The van der Waals surface area contributed by atoms with E-state index in [9.17, 15) is 4.79 Å². The van der Waals surface area contributed by atoms with Gasteiger partial charge < -0.3 is 16.0 Å². The first-order valence-electron chi connectivity index (χ1n) is 5.19. The molecule has 1 aromatic heterocycles. The number of carbonyl (C=O) groups is 1. The van der Waals surface area contributed by atoms with Crippen LogP contribution < -0.4 is 16.0 Å². The molecular formula is C11H20Cl2N4O. The minimum atomic E-state index is -0.184. The van der Waals surface area contributed by atoms with Gasteiger partial charge in [0.2, 0.25) is 5.91 Å². The van der Waals surface area contributed by atoms with Crippen molar-refractivity contribution < 1.29 is 4.79 Å². The highest BCUT2D eigenvalue weighted by atomic mass is 35.5. The number of nitrogens with one attached hydrogen (secondary N) is 1. The Hall–Kier alpha value is -1.04. The lowest BCUT2D eigenvalue weighted by Gasteiger charge is -2.14. The van der Waals surface area contributed by atoms with Crippen LogP contribution >= 0.6 is 24.8 Å². The molecule has 0 aliphatic rings. The number of halogens is 2. The first-order chi connectivity index (χ1) is 7.54. The van der Waals surface area contributed by atoms with Crippen LogP contribution in [0, 0.1) is 5.92 Å². The van der Waals surface area contributed by atoms with Crippen LogP contribution in [0.5, 0.6) is 0 Å². The minimum Gasteiger partial charge on any atom is -0.363 e. The highest BCUT2D eigenvalue weighted by Crippen LogP contribution is 2.14. The molecule has 1 aromatic rings.